The van der Waals surface area contributed by atoms with Gasteiger partial charge in [0.2, 0.25) is 5.91 Å². The number of hydrogen-bond donors (Lipinski definition) is 1. The van der Waals surface area contributed by atoms with Gasteiger partial charge in [0.1, 0.15) is 6.61 Å². The van der Waals surface area contributed by atoms with Crippen molar-refractivity contribution in [3.8, 4) is 0 Å². The molecule has 0 rings (SSSR count). The first-order valence-electron chi connectivity index (χ1n) is 6.32. The van der Waals surface area contributed by atoms with Gasteiger partial charge in [-0.3, -0.25) is 4.79 Å². The first-order valence-corrected chi connectivity index (χ1v) is 6.72. The molecular weight excluding hydrogens is 248 g/mol. The summed E-state index contributed by atoms with van der Waals surface area (Å²) in [6.07, 6.45) is 0.559. The average molecular weight is 274 g/mol. The Kier molecular flexibility index (Phi) is 7.40. The van der Waals surface area contributed by atoms with Gasteiger partial charge in [-0.2, -0.15) is 0 Å². The summed E-state index contributed by atoms with van der Waals surface area (Å²) >= 11 is 4.85. The third-order valence-corrected chi connectivity index (χ3v) is 2.40. The van der Waals surface area contributed by atoms with Crippen molar-refractivity contribution < 1.29 is 9.53 Å². The van der Waals surface area contributed by atoms with Crippen LogP contribution in [0.1, 0.15) is 41.0 Å². The lowest BCUT2D eigenvalue weighted by atomic mass is 10.2. The van der Waals surface area contributed by atoms with Crippen LogP contribution in [0, 0.1) is 5.92 Å². The molecule has 0 heterocycles. The summed E-state index contributed by atoms with van der Waals surface area (Å²) in [5.41, 5.74) is 5.17. The van der Waals surface area contributed by atoms with Crippen LogP contribution in [0.4, 0.5) is 0 Å². The highest BCUT2D eigenvalue weighted by Gasteiger charge is 2.18. The van der Waals surface area contributed by atoms with Crippen LogP contribution in [-0.4, -0.2) is 41.1 Å². The SMILES string of the molecule is CC(C)CN(CCC(N)=S)C(=O)COC(C)(C)C. The number of thiocarbonyl (C=S) groups is 1. The summed E-state index contributed by atoms with van der Waals surface area (Å²) in [6, 6.07) is 0. The normalized spacial score (nSPS) is 11.7. The molecule has 0 aromatic carbocycles. The van der Waals surface area contributed by atoms with E-state index in [1.54, 1.807) is 4.90 Å². The smallest absolute Gasteiger partial charge is 0.248 e. The van der Waals surface area contributed by atoms with Crippen molar-refractivity contribution in [1.82, 2.24) is 4.90 Å². The summed E-state index contributed by atoms with van der Waals surface area (Å²) in [6.45, 7) is 11.3. The number of carbonyl (C=O) groups is 1. The zero-order valence-electron chi connectivity index (χ0n) is 12.2. The van der Waals surface area contributed by atoms with Gasteiger partial charge < -0.3 is 15.4 Å². The average Bonchev–Trinajstić information content (AvgIpc) is 2.19. The zero-order chi connectivity index (χ0) is 14.3. The highest BCUT2D eigenvalue weighted by molar-refractivity contribution is 7.80. The molecule has 0 saturated heterocycles. The molecule has 5 heteroatoms. The van der Waals surface area contributed by atoms with E-state index in [0.29, 0.717) is 30.4 Å². The van der Waals surface area contributed by atoms with Crippen molar-refractivity contribution in [2.45, 2.75) is 46.6 Å². The second kappa shape index (κ2) is 7.69. The Labute approximate surface area is 116 Å². The number of ether oxygens (including phenoxy) is 1. The fourth-order valence-electron chi connectivity index (χ4n) is 1.37. The fourth-order valence-corrected chi connectivity index (χ4v) is 1.46. The Balaban J connectivity index is 4.35. The number of amides is 1. The Hall–Kier alpha value is -0.680. The predicted octanol–water partition coefficient (Wildman–Crippen LogP) is 1.96. The molecule has 0 aliphatic carbocycles. The van der Waals surface area contributed by atoms with E-state index in [4.69, 9.17) is 22.7 Å². The summed E-state index contributed by atoms with van der Waals surface area (Å²) in [4.78, 5) is 14.3. The molecule has 0 radical (unpaired) electrons. The Morgan fingerprint density at radius 2 is 1.94 bits per heavy atom. The lowest BCUT2D eigenvalue weighted by molar-refractivity contribution is -0.141. The second-order valence-corrected chi connectivity index (χ2v) is 6.38. The van der Waals surface area contributed by atoms with Gasteiger partial charge in [0, 0.05) is 19.5 Å². The van der Waals surface area contributed by atoms with Crippen molar-refractivity contribution in [2.24, 2.45) is 11.7 Å². The zero-order valence-corrected chi connectivity index (χ0v) is 13.0. The van der Waals surface area contributed by atoms with Crippen LogP contribution >= 0.6 is 12.2 Å². The minimum absolute atomic E-state index is 0.00475. The lowest BCUT2D eigenvalue weighted by Gasteiger charge is -2.26. The molecule has 2 N–H and O–H groups in total. The van der Waals surface area contributed by atoms with Crippen LogP contribution in [0.2, 0.25) is 0 Å². The van der Waals surface area contributed by atoms with Crippen molar-refractivity contribution in [3.63, 3.8) is 0 Å². The Morgan fingerprint density at radius 3 is 2.33 bits per heavy atom. The van der Waals surface area contributed by atoms with Crippen molar-refractivity contribution >= 4 is 23.1 Å². The van der Waals surface area contributed by atoms with Gasteiger partial charge in [0.05, 0.1) is 10.6 Å². The lowest BCUT2D eigenvalue weighted by Crippen LogP contribution is -2.40. The van der Waals surface area contributed by atoms with Gasteiger partial charge in [-0.25, -0.2) is 0 Å². The molecule has 0 atom stereocenters. The van der Waals surface area contributed by atoms with Gasteiger partial charge in [0.15, 0.2) is 0 Å². The van der Waals surface area contributed by atoms with Crippen molar-refractivity contribution in [3.05, 3.63) is 0 Å². The molecule has 0 aromatic rings. The van der Waals surface area contributed by atoms with E-state index < -0.39 is 0 Å². The third kappa shape index (κ3) is 9.36. The molecule has 106 valence electrons. The number of hydrogen-bond acceptors (Lipinski definition) is 3. The summed E-state index contributed by atoms with van der Waals surface area (Å²) < 4.78 is 5.51. The van der Waals surface area contributed by atoms with E-state index in [1.807, 2.05) is 20.8 Å². The van der Waals surface area contributed by atoms with Crippen LogP contribution in [0.25, 0.3) is 0 Å². The molecule has 18 heavy (non-hydrogen) atoms. The maximum Gasteiger partial charge on any atom is 0.248 e. The van der Waals surface area contributed by atoms with E-state index in [2.05, 4.69) is 13.8 Å². The highest BCUT2D eigenvalue weighted by Crippen LogP contribution is 2.08. The summed E-state index contributed by atoms with van der Waals surface area (Å²) in [5, 5.41) is 0. The van der Waals surface area contributed by atoms with E-state index in [9.17, 15) is 4.79 Å². The van der Waals surface area contributed by atoms with Crippen LogP contribution in [-0.2, 0) is 9.53 Å². The predicted molar refractivity (Wildman–Crippen MR) is 78.5 cm³/mol. The molecule has 0 spiro atoms. The number of nitrogens with two attached hydrogens (primary N) is 1. The van der Waals surface area contributed by atoms with Gasteiger partial charge in [-0.05, 0) is 26.7 Å². The minimum Gasteiger partial charge on any atom is -0.393 e. The summed E-state index contributed by atoms with van der Waals surface area (Å²) in [7, 11) is 0. The van der Waals surface area contributed by atoms with Crippen LogP contribution < -0.4 is 5.73 Å². The molecule has 0 saturated carbocycles. The van der Waals surface area contributed by atoms with Gasteiger partial charge in [-0.15, -0.1) is 0 Å². The van der Waals surface area contributed by atoms with Crippen LogP contribution in [0.15, 0.2) is 0 Å². The van der Waals surface area contributed by atoms with E-state index in [-0.39, 0.29) is 18.1 Å². The Bertz CT molecular complexity index is 285. The molecule has 0 bridgehead atoms. The molecule has 0 aromatic heterocycles. The molecule has 0 aliphatic heterocycles. The number of carbonyl (C=O) groups excluding carboxylic acids is 1. The maximum atomic E-state index is 12.1. The number of nitrogens with zero attached hydrogens (tertiary/aromatic N) is 1. The quantitative estimate of drug-likeness (QED) is 0.721. The van der Waals surface area contributed by atoms with Gasteiger partial charge in [-0.1, -0.05) is 26.1 Å². The molecule has 0 unspecified atom stereocenters. The van der Waals surface area contributed by atoms with Crippen molar-refractivity contribution in [1.29, 1.82) is 0 Å². The van der Waals surface area contributed by atoms with Crippen molar-refractivity contribution in [2.75, 3.05) is 19.7 Å². The molecule has 0 fully saturated rings. The van der Waals surface area contributed by atoms with Crippen LogP contribution in [0.3, 0.4) is 0 Å². The van der Waals surface area contributed by atoms with Crippen LogP contribution in [0.5, 0.6) is 0 Å². The molecule has 1 amide bonds. The van der Waals surface area contributed by atoms with Gasteiger partial charge >= 0.3 is 0 Å². The largest absolute Gasteiger partial charge is 0.393 e. The van der Waals surface area contributed by atoms with E-state index in [0.717, 1.165) is 0 Å². The third-order valence-electron chi connectivity index (χ3n) is 2.20. The van der Waals surface area contributed by atoms with Gasteiger partial charge in [0.25, 0.3) is 0 Å². The highest BCUT2D eigenvalue weighted by atomic mass is 32.1. The molecule has 4 nitrogen and oxygen atoms in total. The fraction of sp³-hybridized carbons (Fsp3) is 0.846. The topological polar surface area (TPSA) is 55.6 Å². The molecule has 0 aliphatic rings. The first kappa shape index (κ1) is 17.3. The Morgan fingerprint density at radius 1 is 1.39 bits per heavy atom. The summed E-state index contributed by atoms with van der Waals surface area (Å²) in [5.74, 6) is 0.407. The first-order chi connectivity index (χ1) is 8.11. The minimum atomic E-state index is -0.303. The maximum absolute atomic E-state index is 12.1. The van der Waals surface area contributed by atoms with E-state index >= 15 is 0 Å². The second-order valence-electron chi connectivity index (χ2n) is 5.85. The van der Waals surface area contributed by atoms with E-state index in [1.165, 1.54) is 0 Å². The standard InChI is InChI=1S/C13H26N2O2S/c1-10(2)8-15(7-6-11(14)18)12(16)9-17-13(3,4)5/h10H,6-9H2,1-5H3,(H2,14,18). The monoisotopic (exact) mass is 274 g/mol. The number of rotatable bonds is 7. The molecular formula is C13H26N2O2S.